The van der Waals surface area contributed by atoms with Crippen molar-refractivity contribution >= 4 is 22.3 Å². The van der Waals surface area contributed by atoms with Crippen LogP contribution in [0.1, 0.15) is 88.3 Å². The molecule has 0 bridgehead atoms. The second-order valence-corrected chi connectivity index (χ2v) is 23.9. The second-order valence-electron chi connectivity index (χ2n) is 14.6. The average Bonchev–Trinajstić information content (AvgIpc) is 3.61. The molecule has 0 saturated carbocycles. The van der Waals surface area contributed by atoms with Crippen molar-refractivity contribution in [2.24, 2.45) is 5.92 Å². The Morgan fingerprint density at radius 3 is 1.92 bits per heavy atom. The van der Waals surface area contributed by atoms with Crippen molar-refractivity contribution in [1.29, 1.82) is 0 Å². The average molecular weight is 772 g/mol. The first kappa shape index (κ1) is 40.3. The zero-order valence-corrected chi connectivity index (χ0v) is 34.9. The molecule has 0 aromatic heterocycles. The maximum Gasteiger partial charge on any atom is -1.00 e. The summed E-state index contributed by atoms with van der Waals surface area (Å²) in [6.07, 6.45) is 2.35. The molecule has 0 saturated heterocycles. The Kier molecular flexibility index (Phi) is 14.4. The maximum absolute atomic E-state index is 6.79. The van der Waals surface area contributed by atoms with Crippen LogP contribution in [0.25, 0.3) is 39.1 Å². The Bertz CT molecular complexity index is 1850. The third-order valence-corrected chi connectivity index (χ3v) is 8.88. The van der Waals surface area contributed by atoms with Crippen molar-refractivity contribution in [3.05, 3.63) is 130 Å². The zero-order valence-electron chi connectivity index (χ0n) is 29.9. The number of rotatable bonds is 7. The molecule has 0 radical (unpaired) electrons. The Morgan fingerprint density at radius 2 is 1.33 bits per heavy atom. The summed E-state index contributed by atoms with van der Waals surface area (Å²) in [4.78, 5) is 0. The van der Waals surface area contributed by atoms with Crippen LogP contribution in [0.4, 0.5) is 0 Å². The molecule has 0 fully saturated rings. The summed E-state index contributed by atoms with van der Waals surface area (Å²) in [6, 6.07) is 36.1. The third kappa shape index (κ3) is 9.35. The molecule has 0 heterocycles. The van der Waals surface area contributed by atoms with E-state index in [1.165, 1.54) is 66.4 Å². The van der Waals surface area contributed by atoms with Gasteiger partial charge in [0.1, 0.15) is 6.10 Å². The van der Waals surface area contributed by atoms with Gasteiger partial charge < -0.3 is 29.6 Å². The molecule has 1 aliphatic carbocycles. The van der Waals surface area contributed by atoms with Crippen LogP contribution in [-0.4, -0.2) is 5.43 Å². The van der Waals surface area contributed by atoms with Gasteiger partial charge in [-0.25, -0.2) is 0 Å². The van der Waals surface area contributed by atoms with Gasteiger partial charge in [0.15, 0.2) is 0 Å². The maximum atomic E-state index is 6.79. The molecule has 0 aliphatic heterocycles. The number of ether oxygens (including phenoxy) is 1. The van der Waals surface area contributed by atoms with Gasteiger partial charge in [0, 0.05) is 0 Å². The van der Waals surface area contributed by atoms with Gasteiger partial charge in [0.05, 0.1) is 6.61 Å². The smallest absolute Gasteiger partial charge is 1.00 e. The normalized spacial score (nSPS) is 13.8. The zero-order chi connectivity index (χ0) is 33.2. The number of halogens is 2. The van der Waals surface area contributed by atoms with Crippen LogP contribution in [0.2, 0.25) is 13.1 Å². The summed E-state index contributed by atoms with van der Waals surface area (Å²) in [7, 11) is 0. The van der Waals surface area contributed by atoms with Gasteiger partial charge in [-0.1, -0.05) is 133 Å². The molecule has 1 nitrogen and oxygen atoms in total. The van der Waals surface area contributed by atoms with E-state index in [9.17, 15) is 0 Å². The second kappa shape index (κ2) is 17.2. The Hall–Kier alpha value is -2.13. The SMILES string of the molecule is CC(C)C1=Cc2c(-c3ccc(C(C)(C)C)cc3)cccc2C1OCc1cc2c(-c3ccc(C(C)C)cc3)cccc2[cH-]1.C[Si](C)=[Zr+2].[Cl-].[Cl-]. The van der Waals surface area contributed by atoms with Crippen LogP contribution in [-0.2, 0) is 40.1 Å². The first-order valence-electron chi connectivity index (χ1n) is 16.7. The Balaban J connectivity index is 0.000000988. The van der Waals surface area contributed by atoms with E-state index in [0.29, 0.717) is 18.4 Å². The summed E-state index contributed by atoms with van der Waals surface area (Å²) in [5.41, 5.74) is 13.3. The van der Waals surface area contributed by atoms with E-state index in [1.807, 2.05) is 0 Å². The molecular weight excluding hydrogens is 723 g/mol. The minimum Gasteiger partial charge on any atom is -1.00 e. The Morgan fingerprint density at radius 1 is 0.771 bits per heavy atom. The molecule has 1 unspecified atom stereocenters. The number of hydrogen-bond donors (Lipinski definition) is 0. The van der Waals surface area contributed by atoms with Crippen LogP contribution in [0, 0.1) is 5.92 Å². The fourth-order valence-electron chi connectivity index (χ4n) is 6.31. The quantitative estimate of drug-likeness (QED) is 0.137. The molecular formula is C43H49Cl2OSiZr-. The molecule has 250 valence electrons. The fourth-order valence-corrected chi connectivity index (χ4v) is 6.31. The molecule has 5 aromatic carbocycles. The topological polar surface area (TPSA) is 9.23 Å². The van der Waals surface area contributed by atoms with Crippen LogP contribution in [0.15, 0.2) is 103 Å². The van der Waals surface area contributed by atoms with Crippen LogP contribution < -0.4 is 24.8 Å². The van der Waals surface area contributed by atoms with E-state index in [0.717, 1.165) is 0 Å². The predicted molar refractivity (Wildman–Crippen MR) is 197 cm³/mol. The minimum absolute atomic E-state index is 0. The summed E-state index contributed by atoms with van der Waals surface area (Å²) >= 11 is 1.74. The fraction of sp³-hybridized carbons (Fsp3) is 0.326. The van der Waals surface area contributed by atoms with Crippen LogP contribution in [0.5, 0.6) is 0 Å². The van der Waals surface area contributed by atoms with Gasteiger partial charge in [-0.15, -0.1) is 34.5 Å². The Labute approximate surface area is 317 Å². The molecule has 1 atom stereocenters. The molecule has 5 heteroatoms. The summed E-state index contributed by atoms with van der Waals surface area (Å²) in [5, 5.41) is 2.56. The van der Waals surface area contributed by atoms with Crippen molar-refractivity contribution in [2.45, 2.75) is 85.6 Å². The number of benzene rings is 4. The predicted octanol–water partition coefficient (Wildman–Crippen LogP) is 6.42. The van der Waals surface area contributed by atoms with Crippen molar-refractivity contribution < 1.29 is 52.9 Å². The van der Waals surface area contributed by atoms with Crippen molar-refractivity contribution in [1.82, 2.24) is 0 Å². The number of hydrogen-bond acceptors (Lipinski definition) is 1. The van der Waals surface area contributed by atoms with E-state index in [2.05, 4.69) is 165 Å². The van der Waals surface area contributed by atoms with Gasteiger partial charge in [-0.3, -0.25) is 0 Å². The molecule has 1 aliphatic rings. The monoisotopic (exact) mass is 769 g/mol. The van der Waals surface area contributed by atoms with Crippen molar-refractivity contribution in [3.8, 4) is 22.3 Å². The first-order chi connectivity index (χ1) is 21.8. The molecule has 0 N–H and O–H groups in total. The van der Waals surface area contributed by atoms with E-state index in [-0.39, 0.29) is 41.8 Å². The van der Waals surface area contributed by atoms with E-state index >= 15 is 0 Å². The van der Waals surface area contributed by atoms with E-state index < -0.39 is 0 Å². The van der Waals surface area contributed by atoms with Gasteiger partial charge in [0.25, 0.3) is 0 Å². The molecule has 0 spiro atoms. The van der Waals surface area contributed by atoms with Gasteiger partial charge in [0.2, 0.25) is 0 Å². The molecule has 5 aromatic rings. The standard InChI is InChI=1S/C41H43O.C2H6Si.2ClH.Zr/c1-26(2)29-14-16-30(17-15-29)34-11-8-10-32-22-28(23-38(32)34)25-42-40-36-13-9-12-35(39(36)24-37(40)27(3)4)31-18-20-33(21-19-31)41(5,6)7;1-3-2;;;/h8-24,26-27,40H,25H2,1-7H3;1-2H3;2*1H;/q-1;;;;+2/p-2. The summed E-state index contributed by atoms with van der Waals surface area (Å²) in [5.74, 6) is 0.936. The molecule has 48 heavy (non-hydrogen) atoms. The number of fused-ring (bicyclic) bond motifs is 2. The van der Waals surface area contributed by atoms with Crippen molar-refractivity contribution in [2.75, 3.05) is 0 Å². The third-order valence-electron chi connectivity index (χ3n) is 8.88. The summed E-state index contributed by atoms with van der Waals surface area (Å²) in [6.45, 7) is 21.0. The van der Waals surface area contributed by atoms with E-state index in [1.54, 1.807) is 23.3 Å². The van der Waals surface area contributed by atoms with Crippen LogP contribution in [0.3, 0.4) is 0 Å². The van der Waals surface area contributed by atoms with E-state index in [4.69, 9.17) is 4.74 Å². The minimum atomic E-state index is -0.0325. The van der Waals surface area contributed by atoms with Crippen molar-refractivity contribution in [3.63, 3.8) is 0 Å². The van der Waals surface area contributed by atoms with Crippen LogP contribution >= 0.6 is 0 Å². The molecule has 6 rings (SSSR count). The molecule has 0 amide bonds. The first-order valence-corrected chi connectivity index (χ1v) is 22.9. The summed E-state index contributed by atoms with van der Waals surface area (Å²) < 4.78 is 6.79. The van der Waals surface area contributed by atoms with Gasteiger partial charge in [-0.05, 0) is 61.8 Å². The van der Waals surface area contributed by atoms with Gasteiger partial charge in [-0.2, -0.15) is 6.07 Å². The van der Waals surface area contributed by atoms with Gasteiger partial charge >= 0.3 is 41.9 Å². The largest absolute Gasteiger partial charge is 1.00 e.